The molecule has 1 saturated heterocycles. The smallest absolute Gasteiger partial charge is 0.246 e. The van der Waals surface area contributed by atoms with Gasteiger partial charge in [-0.05, 0) is 12.5 Å². The molecule has 1 unspecified atom stereocenters. The summed E-state index contributed by atoms with van der Waals surface area (Å²) in [7, 11) is -3.68. The predicted molar refractivity (Wildman–Crippen MR) is 75.2 cm³/mol. The summed E-state index contributed by atoms with van der Waals surface area (Å²) in [5.74, 6) is 5.35. The Morgan fingerprint density at radius 2 is 2.25 bits per heavy atom. The van der Waals surface area contributed by atoms with Crippen molar-refractivity contribution in [1.82, 2.24) is 9.29 Å². The third-order valence-corrected chi connectivity index (χ3v) is 5.57. The fourth-order valence-electron chi connectivity index (χ4n) is 2.34. The van der Waals surface area contributed by atoms with E-state index in [0.717, 1.165) is 0 Å². The van der Waals surface area contributed by atoms with Gasteiger partial charge in [0.05, 0.1) is 11.8 Å². The zero-order valence-electron chi connectivity index (χ0n) is 11.6. The number of hydrazine groups is 1. The van der Waals surface area contributed by atoms with E-state index in [1.54, 1.807) is 0 Å². The van der Waals surface area contributed by atoms with Gasteiger partial charge in [-0.1, -0.05) is 13.8 Å². The lowest BCUT2D eigenvalue weighted by Crippen LogP contribution is -2.50. The molecule has 0 aromatic carbocycles. The van der Waals surface area contributed by atoms with Crippen LogP contribution in [-0.4, -0.2) is 42.0 Å². The normalized spacial score (nSPS) is 23.5. The van der Waals surface area contributed by atoms with Crippen LogP contribution in [0.15, 0.2) is 23.4 Å². The zero-order valence-corrected chi connectivity index (χ0v) is 12.4. The van der Waals surface area contributed by atoms with Gasteiger partial charge in [-0.3, -0.25) is 10.8 Å². The lowest BCUT2D eigenvalue weighted by Gasteiger charge is -2.41. The Bertz CT molecular complexity index is 588. The number of hydrogen-bond donors (Lipinski definition) is 3. The average molecular weight is 300 g/mol. The molecule has 0 saturated carbocycles. The molecule has 0 amide bonds. The fraction of sp³-hybridized carbons (Fsp3) is 0.583. The largest absolute Gasteiger partial charge is 0.392 e. The van der Waals surface area contributed by atoms with E-state index in [4.69, 9.17) is 5.84 Å². The van der Waals surface area contributed by atoms with Crippen LogP contribution >= 0.6 is 0 Å². The molecular weight excluding hydrogens is 280 g/mol. The first-order chi connectivity index (χ1) is 9.29. The summed E-state index contributed by atoms with van der Waals surface area (Å²) >= 11 is 0. The summed E-state index contributed by atoms with van der Waals surface area (Å²) in [6, 6.07) is 1.51. The summed E-state index contributed by atoms with van der Waals surface area (Å²) < 4.78 is 26.7. The number of sulfonamides is 1. The van der Waals surface area contributed by atoms with Gasteiger partial charge in [-0.15, -0.1) is 0 Å². The molecule has 0 radical (unpaired) electrons. The molecule has 7 nitrogen and oxygen atoms in total. The van der Waals surface area contributed by atoms with E-state index in [1.165, 1.54) is 22.8 Å². The van der Waals surface area contributed by atoms with Crippen molar-refractivity contribution in [2.45, 2.75) is 31.3 Å². The molecule has 1 atom stereocenters. The van der Waals surface area contributed by atoms with Crippen molar-refractivity contribution in [2.24, 2.45) is 11.3 Å². The van der Waals surface area contributed by atoms with Crippen LogP contribution in [0, 0.1) is 5.41 Å². The lowest BCUT2D eigenvalue weighted by molar-refractivity contribution is -0.000307. The number of pyridine rings is 1. The van der Waals surface area contributed by atoms with Crippen molar-refractivity contribution < 1.29 is 13.5 Å². The van der Waals surface area contributed by atoms with Gasteiger partial charge < -0.3 is 10.5 Å². The molecule has 1 aromatic rings. The molecule has 1 aliphatic heterocycles. The molecule has 1 aliphatic rings. The number of hydrogen-bond acceptors (Lipinski definition) is 6. The predicted octanol–water partition coefficient (Wildman–Crippen LogP) is 0.149. The molecule has 2 rings (SSSR count). The first-order valence-corrected chi connectivity index (χ1v) is 7.82. The van der Waals surface area contributed by atoms with Gasteiger partial charge in [0.15, 0.2) is 0 Å². The Labute approximate surface area is 118 Å². The minimum absolute atomic E-state index is 0.0506. The van der Waals surface area contributed by atoms with E-state index in [0.29, 0.717) is 12.1 Å². The Hall–Kier alpha value is -1.22. The standard InChI is InChI=1S/C12H20N4O3S/c1-12(2)8-16(6-4-11(12)17)20(18,19)10-7-14-5-3-9(10)15-13/h3,5,7,11,17H,4,6,8,13H2,1-2H3,(H,14,15). The van der Waals surface area contributed by atoms with Crippen LogP contribution in [0.1, 0.15) is 20.3 Å². The molecule has 112 valence electrons. The number of nitrogens with one attached hydrogen (secondary N) is 1. The summed E-state index contributed by atoms with van der Waals surface area (Å²) in [5.41, 5.74) is 2.20. The van der Waals surface area contributed by atoms with Crippen LogP contribution in [0.5, 0.6) is 0 Å². The number of nitrogen functional groups attached to an aromatic ring is 1. The van der Waals surface area contributed by atoms with E-state index in [9.17, 15) is 13.5 Å². The highest BCUT2D eigenvalue weighted by Gasteiger charge is 2.40. The number of nitrogens with zero attached hydrogens (tertiary/aromatic N) is 2. The molecule has 0 aliphatic carbocycles. The average Bonchev–Trinajstić information content (AvgIpc) is 2.41. The van der Waals surface area contributed by atoms with Crippen molar-refractivity contribution in [1.29, 1.82) is 0 Å². The van der Waals surface area contributed by atoms with Gasteiger partial charge in [-0.2, -0.15) is 4.31 Å². The van der Waals surface area contributed by atoms with Gasteiger partial charge in [0.25, 0.3) is 0 Å². The second kappa shape index (κ2) is 5.28. The Morgan fingerprint density at radius 1 is 1.55 bits per heavy atom. The van der Waals surface area contributed by atoms with Gasteiger partial charge in [0.2, 0.25) is 10.0 Å². The number of nitrogens with two attached hydrogens (primary N) is 1. The molecule has 1 fully saturated rings. The van der Waals surface area contributed by atoms with Crippen molar-refractivity contribution >= 4 is 15.7 Å². The summed E-state index contributed by atoms with van der Waals surface area (Å²) in [5, 5.41) is 9.93. The van der Waals surface area contributed by atoms with E-state index >= 15 is 0 Å². The van der Waals surface area contributed by atoms with Crippen molar-refractivity contribution in [3.8, 4) is 0 Å². The maximum absolute atomic E-state index is 12.7. The minimum Gasteiger partial charge on any atom is -0.392 e. The quantitative estimate of drug-likeness (QED) is 0.541. The van der Waals surface area contributed by atoms with Crippen LogP contribution in [-0.2, 0) is 10.0 Å². The van der Waals surface area contributed by atoms with Crippen molar-refractivity contribution in [3.05, 3.63) is 18.5 Å². The lowest BCUT2D eigenvalue weighted by atomic mass is 9.82. The van der Waals surface area contributed by atoms with Gasteiger partial charge >= 0.3 is 0 Å². The molecule has 1 aromatic heterocycles. The van der Waals surface area contributed by atoms with Gasteiger partial charge in [0.1, 0.15) is 4.90 Å². The Kier molecular flexibility index (Phi) is 4.01. The first kappa shape index (κ1) is 15.2. The maximum atomic E-state index is 12.7. The van der Waals surface area contributed by atoms with E-state index in [2.05, 4.69) is 10.4 Å². The van der Waals surface area contributed by atoms with E-state index in [-0.39, 0.29) is 18.0 Å². The molecule has 0 bridgehead atoms. The second-order valence-corrected chi connectivity index (χ2v) is 7.55. The third kappa shape index (κ3) is 2.64. The number of piperidine rings is 1. The summed E-state index contributed by atoms with van der Waals surface area (Å²) in [6.45, 7) is 4.25. The van der Waals surface area contributed by atoms with Gasteiger partial charge in [0, 0.05) is 30.9 Å². The van der Waals surface area contributed by atoms with Crippen LogP contribution < -0.4 is 11.3 Å². The third-order valence-electron chi connectivity index (χ3n) is 3.70. The fourth-order valence-corrected chi connectivity index (χ4v) is 4.07. The highest BCUT2D eigenvalue weighted by atomic mass is 32.2. The molecule has 20 heavy (non-hydrogen) atoms. The topological polar surface area (TPSA) is 109 Å². The second-order valence-electron chi connectivity index (χ2n) is 5.65. The number of aliphatic hydroxyl groups is 1. The molecule has 8 heteroatoms. The van der Waals surface area contributed by atoms with Crippen molar-refractivity contribution in [3.63, 3.8) is 0 Å². The molecular formula is C12H20N4O3S. The Morgan fingerprint density at radius 3 is 2.85 bits per heavy atom. The maximum Gasteiger partial charge on any atom is 0.246 e. The van der Waals surface area contributed by atoms with Crippen LogP contribution in [0.4, 0.5) is 5.69 Å². The van der Waals surface area contributed by atoms with Crippen LogP contribution in [0.25, 0.3) is 0 Å². The molecule has 4 N–H and O–H groups in total. The van der Waals surface area contributed by atoms with Gasteiger partial charge in [-0.25, -0.2) is 8.42 Å². The highest BCUT2D eigenvalue weighted by molar-refractivity contribution is 7.89. The van der Waals surface area contributed by atoms with Crippen molar-refractivity contribution in [2.75, 3.05) is 18.5 Å². The number of aromatic nitrogens is 1. The zero-order chi connectivity index (χ0) is 15.0. The summed E-state index contributed by atoms with van der Waals surface area (Å²) in [6.07, 6.45) is 2.66. The first-order valence-electron chi connectivity index (χ1n) is 6.38. The minimum atomic E-state index is -3.68. The van der Waals surface area contributed by atoms with E-state index < -0.39 is 21.5 Å². The monoisotopic (exact) mass is 300 g/mol. The van der Waals surface area contributed by atoms with E-state index in [1.807, 2.05) is 13.8 Å². The molecule has 2 heterocycles. The number of rotatable bonds is 3. The highest BCUT2D eigenvalue weighted by Crippen LogP contribution is 2.33. The SMILES string of the molecule is CC1(C)CN(S(=O)(=O)c2cnccc2NN)CCC1O. The summed E-state index contributed by atoms with van der Waals surface area (Å²) in [4.78, 5) is 3.91. The van der Waals surface area contributed by atoms with Crippen LogP contribution in [0.3, 0.4) is 0 Å². The van der Waals surface area contributed by atoms with Crippen LogP contribution in [0.2, 0.25) is 0 Å². The number of anilines is 1. The number of aliphatic hydroxyl groups excluding tert-OH is 1. The Balaban J connectivity index is 2.36. The molecule has 0 spiro atoms.